The van der Waals surface area contributed by atoms with E-state index in [1.807, 2.05) is 0 Å². The first-order valence-corrected chi connectivity index (χ1v) is 4.16. The maximum absolute atomic E-state index is 12.2. The summed E-state index contributed by atoms with van der Waals surface area (Å²) in [7, 11) is 0. The number of pyridine rings is 1. The van der Waals surface area contributed by atoms with Crippen LogP contribution in [0, 0.1) is 0 Å². The van der Waals surface area contributed by atoms with E-state index in [-0.39, 0.29) is 23.7 Å². The van der Waals surface area contributed by atoms with Crippen molar-refractivity contribution in [2.45, 2.75) is 12.6 Å². The van der Waals surface area contributed by atoms with Crippen LogP contribution < -0.4 is 0 Å². The molecule has 0 amide bonds. The molecule has 0 saturated heterocycles. The molecule has 1 rings (SSSR count). The van der Waals surface area contributed by atoms with Gasteiger partial charge in [0.05, 0.1) is 10.7 Å². The number of alkyl halides is 3. The summed E-state index contributed by atoms with van der Waals surface area (Å²) >= 11 is 5.58. The zero-order chi connectivity index (χ0) is 10.8. The fourth-order valence-electron chi connectivity index (χ4n) is 0.923. The van der Waals surface area contributed by atoms with Crippen LogP contribution in [0.3, 0.4) is 0 Å². The van der Waals surface area contributed by atoms with Crippen LogP contribution in [0.25, 0.3) is 0 Å². The standard InChI is InChI=1S/C8H7ClF3NO/c9-5-1-2-7(8(10,11)12)13-6(5)3-4-14/h1-2,14H,3-4H2. The highest BCUT2D eigenvalue weighted by atomic mass is 35.5. The van der Waals surface area contributed by atoms with E-state index in [0.29, 0.717) is 0 Å². The van der Waals surface area contributed by atoms with Crippen molar-refractivity contribution in [1.82, 2.24) is 4.98 Å². The first-order valence-electron chi connectivity index (χ1n) is 3.78. The Bertz CT molecular complexity index is 327. The van der Waals surface area contributed by atoms with Crippen LogP contribution >= 0.6 is 11.6 Å². The number of rotatable bonds is 2. The first-order chi connectivity index (χ1) is 6.45. The van der Waals surface area contributed by atoms with Crippen LogP contribution in [0.2, 0.25) is 5.02 Å². The smallest absolute Gasteiger partial charge is 0.396 e. The van der Waals surface area contributed by atoms with Crippen LogP contribution in [0.4, 0.5) is 13.2 Å². The van der Waals surface area contributed by atoms with Gasteiger partial charge < -0.3 is 5.11 Å². The van der Waals surface area contributed by atoms with Gasteiger partial charge in [-0.25, -0.2) is 4.98 Å². The van der Waals surface area contributed by atoms with E-state index in [1.54, 1.807) is 0 Å². The molecule has 1 aromatic rings. The lowest BCUT2D eigenvalue weighted by atomic mass is 10.2. The number of aliphatic hydroxyl groups excluding tert-OH is 1. The molecular formula is C8H7ClF3NO. The fraction of sp³-hybridized carbons (Fsp3) is 0.375. The van der Waals surface area contributed by atoms with Gasteiger partial charge in [0, 0.05) is 13.0 Å². The van der Waals surface area contributed by atoms with E-state index in [9.17, 15) is 13.2 Å². The average Bonchev–Trinajstić information content (AvgIpc) is 2.07. The monoisotopic (exact) mass is 225 g/mol. The molecule has 0 aliphatic rings. The van der Waals surface area contributed by atoms with Gasteiger partial charge >= 0.3 is 6.18 Å². The molecule has 0 bridgehead atoms. The number of nitrogens with zero attached hydrogens (tertiary/aromatic N) is 1. The molecule has 0 saturated carbocycles. The molecule has 0 aliphatic heterocycles. The Labute approximate surface area is 83.3 Å². The van der Waals surface area contributed by atoms with E-state index in [4.69, 9.17) is 16.7 Å². The van der Waals surface area contributed by atoms with Crippen LogP contribution in [0.15, 0.2) is 12.1 Å². The van der Waals surface area contributed by atoms with Crippen molar-refractivity contribution in [1.29, 1.82) is 0 Å². The number of hydrogen-bond acceptors (Lipinski definition) is 2. The Balaban J connectivity index is 3.06. The highest BCUT2D eigenvalue weighted by Gasteiger charge is 2.32. The topological polar surface area (TPSA) is 33.1 Å². The third-order valence-corrected chi connectivity index (χ3v) is 1.90. The Morgan fingerprint density at radius 3 is 2.50 bits per heavy atom. The number of aromatic nitrogens is 1. The second kappa shape index (κ2) is 4.14. The molecule has 2 nitrogen and oxygen atoms in total. The van der Waals surface area contributed by atoms with Gasteiger partial charge in [-0.15, -0.1) is 0 Å². The molecule has 1 N–H and O–H groups in total. The number of aliphatic hydroxyl groups is 1. The van der Waals surface area contributed by atoms with Crippen molar-refractivity contribution < 1.29 is 18.3 Å². The number of hydrogen-bond donors (Lipinski definition) is 1. The van der Waals surface area contributed by atoms with Gasteiger partial charge in [-0.1, -0.05) is 11.6 Å². The lowest BCUT2D eigenvalue weighted by molar-refractivity contribution is -0.141. The Morgan fingerprint density at radius 1 is 1.36 bits per heavy atom. The van der Waals surface area contributed by atoms with Gasteiger partial charge in [-0.2, -0.15) is 13.2 Å². The van der Waals surface area contributed by atoms with E-state index in [0.717, 1.165) is 12.1 Å². The Kier molecular flexibility index (Phi) is 3.34. The minimum Gasteiger partial charge on any atom is -0.396 e. The Hall–Kier alpha value is -0.810. The van der Waals surface area contributed by atoms with Crippen molar-refractivity contribution >= 4 is 11.6 Å². The predicted molar refractivity (Wildman–Crippen MR) is 45.0 cm³/mol. The van der Waals surface area contributed by atoms with Gasteiger partial charge in [-0.3, -0.25) is 0 Å². The lowest BCUT2D eigenvalue weighted by Gasteiger charge is -2.08. The van der Waals surface area contributed by atoms with Crippen molar-refractivity contribution in [3.63, 3.8) is 0 Å². The SMILES string of the molecule is OCCc1nc(C(F)(F)F)ccc1Cl. The fourth-order valence-corrected chi connectivity index (χ4v) is 1.12. The third kappa shape index (κ3) is 2.59. The maximum Gasteiger partial charge on any atom is 0.433 e. The molecule has 0 aromatic carbocycles. The number of halogens is 4. The highest BCUT2D eigenvalue weighted by Crippen LogP contribution is 2.29. The van der Waals surface area contributed by atoms with E-state index in [2.05, 4.69) is 4.98 Å². The largest absolute Gasteiger partial charge is 0.433 e. The summed E-state index contributed by atoms with van der Waals surface area (Å²) in [6.07, 6.45) is -4.46. The highest BCUT2D eigenvalue weighted by molar-refractivity contribution is 6.31. The predicted octanol–water partition coefficient (Wildman–Crippen LogP) is 2.29. The zero-order valence-electron chi connectivity index (χ0n) is 6.98. The molecule has 0 unspecified atom stereocenters. The molecule has 0 atom stereocenters. The lowest BCUT2D eigenvalue weighted by Crippen LogP contribution is -2.10. The van der Waals surface area contributed by atoms with Crippen LogP contribution in [0.5, 0.6) is 0 Å². The summed E-state index contributed by atoms with van der Waals surface area (Å²) in [5, 5.41) is 8.69. The molecule has 0 fully saturated rings. The van der Waals surface area contributed by atoms with Gasteiger partial charge in [0.1, 0.15) is 5.69 Å². The molecule has 1 aromatic heterocycles. The van der Waals surface area contributed by atoms with Crippen molar-refractivity contribution in [2.24, 2.45) is 0 Å². The average molecular weight is 226 g/mol. The Morgan fingerprint density at radius 2 is 2.00 bits per heavy atom. The normalized spacial score (nSPS) is 11.8. The van der Waals surface area contributed by atoms with Gasteiger partial charge in [0.2, 0.25) is 0 Å². The van der Waals surface area contributed by atoms with Gasteiger partial charge in [0.15, 0.2) is 0 Å². The molecule has 78 valence electrons. The molecule has 14 heavy (non-hydrogen) atoms. The summed E-state index contributed by atoms with van der Waals surface area (Å²) in [5.74, 6) is 0. The van der Waals surface area contributed by atoms with Crippen molar-refractivity contribution in [2.75, 3.05) is 6.61 Å². The maximum atomic E-state index is 12.2. The van der Waals surface area contributed by atoms with Crippen LogP contribution in [-0.4, -0.2) is 16.7 Å². The van der Waals surface area contributed by atoms with E-state index < -0.39 is 11.9 Å². The summed E-state index contributed by atoms with van der Waals surface area (Å²) in [6.45, 7) is -0.284. The third-order valence-electron chi connectivity index (χ3n) is 1.56. The molecule has 0 radical (unpaired) electrons. The zero-order valence-corrected chi connectivity index (χ0v) is 7.73. The van der Waals surface area contributed by atoms with Gasteiger partial charge in [-0.05, 0) is 12.1 Å². The van der Waals surface area contributed by atoms with E-state index in [1.165, 1.54) is 0 Å². The molecule has 0 spiro atoms. The minimum absolute atomic E-state index is 0.0166. The molecule has 6 heteroatoms. The molecular weight excluding hydrogens is 219 g/mol. The first kappa shape index (κ1) is 11.3. The van der Waals surface area contributed by atoms with E-state index >= 15 is 0 Å². The van der Waals surface area contributed by atoms with Crippen molar-refractivity contribution in [3.8, 4) is 0 Å². The molecule has 0 aliphatic carbocycles. The molecule has 1 heterocycles. The second-order valence-electron chi connectivity index (χ2n) is 2.60. The summed E-state index contributed by atoms with van der Waals surface area (Å²) in [4.78, 5) is 3.32. The minimum atomic E-state index is -4.48. The summed E-state index contributed by atoms with van der Waals surface area (Å²) in [6, 6.07) is 1.94. The summed E-state index contributed by atoms with van der Waals surface area (Å²) in [5.41, 5.74) is -0.936. The summed E-state index contributed by atoms with van der Waals surface area (Å²) < 4.78 is 36.5. The quantitative estimate of drug-likeness (QED) is 0.838. The van der Waals surface area contributed by atoms with Crippen molar-refractivity contribution in [3.05, 3.63) is 28.5 Å². The van der Waals surface area contributed by atoms with Crippen LogP contribution in [-0.2, 0) is 12.6 Å². The van der Waals surface area contributed by atoms with Gasteiger partial charge in [0.25, 0.3) is 0 Å². The second-order valence-corrected chi connectivity index (χ2v) is 3.00. The van der Waals surface area contributed by atoms with Crippen LogP contribution in [0.1, 0.15) is 11.4 Å².